The van der Waals surface area contributed by atoms with Gasteiger partial charge in [0.2, 0.25) is 0 Å². The number of aryl methyl sites for hydroxylation is 1. The summed E-state index contributed by atoms with van der Waals surface area (Å²) in [6.07, 6.45) is 1.70. The lowest BCUT2D eigenvalue weighted by Crippen LogP contribution is -2.19. The van der Waals surface area contributed by atoms with Crippen LogP contribution in [0, 0.1) is 0 Å². The summed E-state index contributed by atoms with van der Waals surface area (Å²) in [5.41, 5.74) is 3.17. The lowest BCUT2D eigenvalue weighted by molar-refractivity contribution is 0.0714. The maximum Gasteiger partial charge on any atom is 0.0594 e. The molecule has 0 amide bonds. The molecule has 1 heteroatoms. The van der Waals surface area contributed by atoms with E-state index in [2.05, 4.69) is 48.5 Å². The molecular weight excluding hydrogens is 220 g/mol. The van der Waals surface area contributed by atoms with Crippen molar-refractivity contribution in [2.75, 3.05) is 0 Å². The molecule has 0 unspecified atom stereocenters. The van der Waals surface area contributed by atoms with Crippen molar-refractivity contribution in [3.05, 3.63) is 60.2 Å². The van der Waals surface area contributed by atoms with Gasteiger partial charge in [0, 0.05) is 0 Å². The van der Waals surface area contributed by atoms with Crippen molar-refractivity contribution in [1.29, 1.82) is 0 Å². The van der Waals surface area contributed by atoms with Gasteiger partial charge in [0.25, 0.3) is 0 Å². The first-order valence-electron chi connectivity index (χ1n) is 6.41. The highest BCUT2D eigenvalue weighted by Crippen LogP contribution is 2.20. The Bertz CT molecular complexity index is 477. The fourth-order valence-electron chi connectivity index (χ4n) is 1.94. The van der Waals surface area contributed by atoms with E-state index in [0.717, 1.165) is 12.8 Å². The molecule has 94 valence electrons. The minimum absolute atomic E-state index is 0.585. The molecule has 0 spiro atoms. The van der Waals surface area contributed by atoms with Gasteiger partial charge < -0.3 is 5.11 Å². The summed E-state index contributed by atoms with van der Waals surface area (Å²) in [6, 6.07) is 19.0. The minimum Gasteiger partial charge on any atom is -0.390 e. The lowest BCUT2D eigenvalue weighted by Gasteiger charge is -2.16. The Morgan fingerprint density at radius 1 is 0.833 bits per heavy atom. The minimum atomic E-state index is -0.585. The third-order valence-corrected chi connectivity index (χ3v) is 3.09. The molecule has 0 heterocycles. The largest absolute Gasteiger partial charge is 0.390 e. The summed E-state index contributed by atoms with van der Waals surface area (Å²) in [7, 11) is 0. The van der Waals surface area contributed by atoms with E-state index in [1.165, 1.54) is 16.7 Å². The van der Waals surface area contributed by atoms with E-state index in [9.17, 15) is 5.11 Å². The van der Waals surface area contributed by atoms with Crippen LogP contribution in [0.1, 0.15) is 25.8 Å². The quantitative estimate of drug-likeness (QED) is 0.854. The molecule has 0 aliphatic heterocycles. The van der Waals surface area contributed by atoms with Crippen LogP contribution in [-0.2, 0) is 6.42 Å². The summed E-state index contributed by atoms with van der Waals surface area (Å²) >= 11 is 0. The number of aliphatic hydroxyl groups is 1. The lowest BCUT2D eigenvalue weighted by atomic mass is 9.97. The van der Waals surface area contributed by atoms with E-state index in [4.69, 9.17) is 0 Å². The Morgan fingerprint density at radius 2 is 1.39 bits per heavy atom. The average molecular weight is 240 g/mol. The molecule has 1 nitrogen and oxygen atoms in total. The summed E-state index contributed by atoms with van der Waals surface area (Å²) in [6.45, 7) is 3.71. The third kappa shape index (κ3) is 3.71. The maximum atomic E-state index is 9.71. The van der Waals surface area contributed by atoms with Gasteiger partial charge in [-0.2, -0.15) is 0 Å². The maximum absolute atomic E-state index is 9.71. The predicted molar refractivity (Wildman–Crippen MR) is 76.5 cm³/mol. The van der Waals surface area contributed by atoms with E-state index >= 15 is 0 Å². The molecule has 18 heavy (non-hydrogen) atoms. The van der Waals surface area contributed by atoms with Crippen LogP contribution in [0.5, 0.6) is 0 Å². The second-order valence-electron chi connectivity index (χ2n) is 5.38. The van der Waals surface area contributed by atoms with E-state index < -0.39 is 5.60 Å². The van der Waals surface area contributed by atoms with Gasteiger partial charge in [0.1, 0.15) is 0 Å². The average Bonchev–Trinajstić information content (AvgIpc) is 2.37. The summed E-state index contributed by atoms with van der Waals surface area (Å²) in [5.74, 6) is 0. The van der Waals surface area contributed by atoms with Crippen LogP contribution in [-0.4, -0.2) is 10.7 Å². The first-order chi connectivity index (χ1) is 8.54. The van der Waals surface area contributed by atoms with Crippen LogP contribution in [0.2, 0.25) is 0 Å². The highest BCUT2D eigenvalue weighted by molar-refractivity contribution is 5.63. The zero-order valence-electron chi connectivity index (χ0n) is 11.1. The molecule has 0 saturated carbocycles. The molecule has 0 atom stereocenters. The predicted octanol–water partition coefficient (Wildman–Crippen LogP) is 4.06. The zero-order chi connectivity index (χ0) is 13.0. The van der Waals surface area contributed by atoms with Crippen LogP contribution in [0.3, 0.4) is 0 Å². The molecule has 0 radical (unpaired) electrons. The van der Waals surface area contributed by atoms with Gasteiger partial charge >= 0.3 is 0 Å². The van der Waals surface area contributed by atoms with Crippen LogP contribution in [0.15, 0.2) is 54.6 Å². The normalized spacial score (nSPS) is 11.5. The first kappa shape index (κ1) is 12.8. The highest BCUT2D eigenvalue weighted by atomic mass is 16.3. The number of hydrogen-bond acceptors (Lipinski definition) is 1. The van der Waals surface area contributed by atoms with Crippen molar-refractivity contribution in [2.45, 2.75) is 32.3 Å². The molecule has 2 aromatic rings. The SMILES string of the molecule is CC(C)(O)CCc1ccc(-c2ccccc2)cc1. The molecule has 0 fully saturated rings. The Morgan fingerprint density at radius 3 is 1.94 bits per heavy atom. The van der Waals surface area contributed by atoms with E-state index in [0.29, 0.717) is 0 Å². The zero-order valence-corrected chi connectivity index (χ0v) is 11.1. The van der Waals surface area contributed by atoms with Crippen molar-refractivity contribution < 1.29 is 5.11 Å². The van der Waals surface area contributed by atoms with Gasteiger partial charge in [-0.1, -0.05) is 54.6 Å². The Labute approximate surface area is 109 Å². The molecular formula is C17H20O. The van der Waals surface area contributed by atoms with Crippen LogP contribution in [0.4, 0.5) is 0 Å². The molecule has 0 aromatic heterocycles. The van der Waals surface area contributed by atoms with E-state index in [1.807, 2.05) is 19.9 Å². The Balaban J connectivity index is 2.07. The van der Waals surface area contributed by atoms with Gasteiger partial charge in [-0.3, -0.25) is 0 Å². The van der Waals surface area contributed by atoms with Crippen LogP contribution in [0.25, 0.3) is 11.1 Å². The van der Waals surface area contributed by atoms with E-state index in [-0.39, 0.29) is 0 Å². The summed E-state index contributed by atoms with van der Waals surface area (Å²) < 4.78 is 0. The third-order valence-electron chi connectivity index (χ3n) is 3.09. The molecule has 0 bridgehead atoms. The summed E-state index contributed by atoms with van der Waals surface area (Å²) in [5, 5.41) is 9.71. The standard InChI is InChI=1S/C17H20O/c1-17(2,18)13-12-14-8-10-16(11-9-14)15-6-4-3-5-7-15/h3-11,18H,12-13H2,1-2H3. The second kappa shape index (κ2) is 5.36. The van der Waals surface area contributed by atoms with Gasteiger partial charge in [0.15, 0.2) is 0 Å². The van der Waals surface area contributed by atoms with Crippen LogP contribution < -0.4 is 0 Å². The molecule has 0 aliphatic carbocycles. The number of benzene rings is 2. The molecule has 2 aromatic carbocycles. The molecule has 0 aliphatic rings. The summed E-state index contributed by atoms with van der Waals surface area (Å²) in [4.78, 5) is 0. The van der Waals surface area contributed by atoms with E-state index in [1.54, 1.807) is 0 Å². The van der Waals surface area contributed by atoms with Gasteiger partial charge in [-0.25, -0.2) is 0 Å². The van der Waals surface area contributed by atoms with Crippen molar-refractivity contribution >= 4 is 0 Å². The number of hydrogen-bond donors (Lipinski definition) is 1. The Kier molecular flexibility index (Phi) is 3.83. The number of rotatable bonds is 4. The Hall–Kier alpha value is -1.60. The van der Waals surface area contributed by atoms with Gasteiger partial charge in [-0.15, -0.1) is 0 Å². The van der Waals surface area contributed by atoms with Crippen molar-refractivity contribution in [2.24, 2.45) is 0 Å². The fraction of sp³-hybridized carbons (Fsp3) is 0.294. The van der Waals surface area contributed by atoms with Crippen molar-refractivity contribution in [3.63, 3.8) is 0 Å². The van der Waals surface area contributed by atoms with Crippen molar-refractivity contribution in [1.82, 2.24) is 0 Å². The topological polar surface area (TPSA) is 20.2 Å². The second-order valence-corrected chi connectivity index (χ2v) is 5.38. The van der Waals surface area contributed by atoms with Gasteiger partial charge in [-0.05, 0) is 43.4 Å². The van der Waals surface area contributed by atoms with Crippen molar-refractivity contribution in [3.8, 4) is 11.1 Å². The molecule has 0 saturated heterocycles. The fourth-order valence-corrected chi connectivity index (χ4v) is 1.94. The molecule has 2 rings (SSSR count). The molecule has 1 N–H and O–H groups in total. The first-order valence-corrected chi connectivity index (χ1v) is 6.41. The monoisotopic (exact) mass is 240 g/mol. The van der Waals surface area contributed by atoms with Gasteiger partial charge in [0.05, 0.1) is 5.60 Å². The highest BCUT2D eigenvalue weighted by Gasteiger charge is 2.11. The van der Waals surface area contributed by atoms with Crippen LogP contribution >= 0.6 is 0 Å². The smallest absolute Gasteiger partial charge is 0.0594 e.